The first-order chi connectivity index (χ1) is 18.1. The monoisotopic (exact) mass is 560 g/mol. The number of carbonyl (C=O) groups is 3. The van der Waals surface area contributed by atoms with E-state index in [4.69, 9.17) is 25.9 Å². The number of aromatic nitrogens is 1. The summed E-state index contributed by atoms with van der Waals surface area (Å²) < 4.78 is 11.2. The van der Waals surface area contributed by atoms with Crippen molar-refractivity contribution in [3.63, 3.8) is 0 Å². The molecule has 0 spiro atoms. The fraction of sp³-hybridized carbons (Fsp3) is 0.630. The molecule has 0 aromatic carbocycles. The average molecular weight is 561 g/mol. The lowest BCUT2D eigenvalue weighted by Gasteiger charge is -2.37. The number of piperidine rings is 1. The van der Waals surface area contributed by atoms with Crippen molar-refractivity contribution in [1.29, 1.82) is 0 Å². The van der Waals surface area contributed by atoms with Crippen molar-refractivity contribution in [2.45, 2.75) is 71.5 Å². The summed E-state index contributed by atoms with van der Waals surface area (Å²) in [5.41, 5.74) is 12.2. The second kappa shape index (κ2) is 10.7. The lowest BCUT2D eigenvalue weighted by atomic mass is 9.89. The van der Waals surface area contributed by atoms with Crippen LogP contribution in [0, 0.1) is 0 Å². The Bertz CT molecular complexity index is 1260. The van der Waals surface area contributed by atoms with Crippen molar-refractivity contribution in [3.8, 4) is 0 Å². The third-order valence-electron chi connectivity index (χ3n) is 6.71. The lowest BCUT2D eigenvalue weighted by molar-refractivity contribution is 0.0196. The van der Waals surface area contributed by atoms with Crippen LogP contribution in [0.2, 0.25) is 0 Å². The van der Waals surface area contributed by atoms with Crippen LogP contribution in [-0.4, -0.2) is 83.3 Å². The topological polar surface area (TPSA) is 144 Å². The molecule has 2 aliphatic rings. The average Bonchev–Trinajstić information content (AvgIpc) is 3.18. The Morgan fingerprint density at radius 3 is 2.10 bits per heavy atom. The number of nitrogens with zero attached hydrogens (tertiary/aromatic N) is 4. The van der Waals surface area contributed by atoms with Gasteiger partial charge in [-0.2, -0.15) is 0 Å². The number of nitrogen functional groups attached to an aromatic ring is 1. The van der Waals surface area contributed by atoms with Gasteiger partial charge in [-0.25, -0.2) is 14.6 Å². The first-order valence-corrected chi connectivity index (χ1v) is 14.2. The molecule has 2 saturated heterocycles. The van der Waals surface area contributed by atoms with Crippen molar-refractivity contribution >= 4 is 51.2 Å². The van der Waals surface area contributed by atoms with Crippen LogP contribution in [-0.2, 0) is 9.47 Å². The molecule has 12 heteroatoms. The van der Waals surface area contributed by atoms with Gasteiger partial charge < -0.3 is 35.6 Å². The van der Waals surface area contributed by atoms with Crippen LogP contribution < -0.4 is 16.4 Å². The number of pyridine rings is 1. The number of rotatable bonds is 3. The Kier molecular flexibility index (Phi) is 7.89. The zero-order valence-corrected chi connectivity index (χ0v) is 24.5. The van der Waals surface area contributed by atoms with E-state index in [9.17, 15) is 14.4 Å². The number of anilines is 2. The van der Waals surface area contributed by atoms with Crippen LogP contribution >= 0.6 is 11.3 Å². The first-order valence-electron chi connectivity index (χ1n) is 13.4. The normalized spacial score (nSPS) is 18.8. The Hall–Kier alpha value is -3.28. The molecule has 0 radical (unpaired) electrons. The first kappa shape index (κ1) is 28.7. The minimum Gasteiger partial charge on any atom is -0.444 e. The lowest BCUT2D eigenvalue weighted by Crippen LogP contribution is -2.50. The van der Waals surface area contributed by atoms with Crippen LogP contribution in [0.5, 0.6) is 0 Å². The molecule has 0 bridgehead atoms. The van der Waals surface area contributed by atoms with Gasteiger partial charge in [0.05, 0.1) is 5.69 Å². The van der Waals surface area contributed by atoms with E-state index in [-0.39, 0.29) is 23.0 Å². The maximum absolute atomic E-state index is 12.9. The molecule has 1 unspecified atom stereocenters. The largest absolute Gasteiger partial charge is 0.444 e. The summed E-state index contributed by atoms with van der Waals surface area (Å²) in [7, 11) is 0. The summed E-state index contributed by atoms with van der Waals surface area (Å²) in [5.74, 6) is 0.136. The molecule has 3 amide bonds. The van der Waals surface area contributed by atoms with Gasteiger partial charge in [-0.1, -0.05) is 0 Å². The highest BCUT2D eigenvalue weighted by Crippen LogP contribution is 2.42. The van der Waals surface area contributed by atoms with E-state index in [0.717, 1.165) is 29.6 Å². The summed E-state index contributed by atoms with van der Waals surface area (Å²) in [4.78, 5) is 48.9. The minimum absolute atomic E-state index is 0.0174. The third kappa shape index (κ3) is 6.66. The SMILES string of the molecule is CC(C)(C)OC(=O)N1CCN(c2cc(C3CCCN(C(=O)OC(C)(C)C)C3)c3c(N)c(C(N)=O)sc3n2)CC1. The van der Waals surface area contributed by atoms with Gasteiger partial charge in [0, 0.05) is 50.6 Å². The van der Waals surface area contributed by atoms with Crippen molar-refractivity contribution in [1.82, 2.24) is 14.8 Å². The van der Waals surface area contributed by atoms with Crippen LogP contribution in [0.4, 0.5) is 21.1 Å². The summed E-state index contributed by atoms with van der Waals surface area (Å²) in [6, 6.07) is 2.02. The Morgan fingerprint density at radius 2 is 1.54 bits per heavy atom. The molecule has 0 aliphatic carbocycles. The number of hydrogen-bond donors (Lipinski definition) is 2. The number of carbonyl (C=O) groups excluding carboxylic acids is 3. The Balaban J connectivity index is 1.63. The van der Waals surface area contributed by atoms with Crippen molar-refractivity contribution in [2.24, 2.45) is 5.73 Å². The maximum atomic E-state index is 12.9. The molecule has 4 rings (SSSR count). The second-order valence-corrected chi connectivity index (χ2v) is 13.2. The summed E-state index contributed by atoms with van der Waals surface area (Å²) in [6.45, 7) is 14.4. The van der Waals surface area contributed by atoms with Gasteiger partial charge in [-0.3, -0.25) is 4.79 Å². The number of thiophene rings is 1. The molecule has 2 aromatic rings. The molecule has 0 saturated carbocycles. The van der Waals surface area contributed by atoms with Gasteiger partial charge in [0.2, 0.25) is 0 Å². The number of ether oxygens (including phenoxy) is 2. The van der Waals surface area contributed by atoms with Crippen molar-refractivity contribution < 1.29 is 23.9 Å². The quantitative estimate of drug-likeness (QED) is 0.570. The van der Waals surface area contributed by atoms with Crippen LogP contribution in [0.15, 0.2) is 6.07 Å². The van der Waals surface area contributed by atoms with E-state index in [1.807, 2.05) is 47.6 Å². The third-order valence-corrected chi connectivity index (χ3v) is 7.82. The molecule has 4 N–H and O–H groups in total. The van der Waals surface area contributed by atoms with E-state index < -0.39 is 17.1 Å². The molecular weight excluding hydrogens is 520 g/mol. The van der Waals surface area contributed by atoms with Crippen molar-refractivity contribution in [2.75, 3.05) is 49.9 Å². The minimum atomic E-state index is -0.590. The number of fused-ring (bicyclic) bond motifs is 1. The van der Waals surface area contributed by atoms with E-state index in [2.05, 4.69) is 4.90 Å². The number of hydrogen-bond acceptors (Lipinski definition) is 9. The number of piperazine rings is 1. The fourth-order valence-corrected chi connectivity index (χ4v) is 5.95. The molecule has 39 heavy (non-hydrogen) atoms. The zero-order chi connectivity index (χ0) is 28.7. The van der Waals surface area contributed by atoms with E-state index in [1.54, 1.807) is 9.80 Å². The summed E-state index contributed by atoms with van der Waals surface area (Å²) in [6.07, 6.45) is 0.996. The molecular formula is C27H40N6O5S. The van der Waals surface area contributed by atoms with Crippen LogP contribution in [0.3, 0.4) is 0 Å². The summed E-state index contributed by atoms with van der Waals surface area (Å²) >= 11 is 1.19. The molecule has 2 aromatic heterocycles. The van der Waals surface area contributed by atoms with Gasteiger partial charge in [-0.15, -0.1) is 11.3 Å². The highest BCUT2D eigenvalue weighted by molar-refractivity contribution is 7.21. The van der Waals surface area contributed by atoms with Gasteiger partial charge in [-0.05, 0) is 66.0 Å². The molecule has 214 valence electrons. The number of amides is 3. The molecule has 4 heterocycles. The van der Waals surface area contributed by atoms with Crippen molar-refractivity contribution in [3.05, 3.63) is 16.5 Å². The van der Waals surface area contributed by atoms with E-state index in [0.29, 0.717) is 49.8 Å². The molecule has 2 fully saturated rings. The Labute approximate surface area is 233 Å². The number of primary amides is 1. The predicted octanol–water partition coefficient (Wildman–Crippen LogP) is 4.15. The molecule has 1 atom stereocenters. The number of nitrogens with two attached hydrogens (primary N) is 2. The van der Waals surface area contributed by atoms with E-state index in [1.165, 1.54) is 11.3 Å². The molecule has 2 aliphatic heterocycles. The maximum Gasteiger partial charge on any atom is 0.410 e. The predicted molar refractivity (Wildman–Crippen MR) is 152 cm³/mol. The zero-order valence-electron chi connectivity index (χ0n) is 23.7. The summed E-state index contributed by atoms with van der Waals surface area (Å²) in [5, 5.41) is 0.723. The van der Waals surface area contributed by atoms with Crippen LogP contribution in [0.25, 0.3) is 10.2 Å². The van der Waals surface area contributed by atoms with Gasteiger partial charge in [0.1, 0.15) is 26.7 Å². The smallest absolute Gasteiger partial charge is 0.410 e. The fourth-order valence-electron chi connectivity index (χ4n) is 4.97. The second-order valence-electron chi connectivity index (χ2n) is 12.2. The van der Waals surface area contributed by atoms with Crippen LogP contribution in [0.1, 0.15) is 75.5 Å². The Morgan fingerprint density at radius 1 is 0.949 bits per heavy atom. The number of likely N-dealkylation sites (tertiary alicyclic amines) is 1. The molecule has 11 nitrogen and oxygen atoms in total. The van der Waals surface area contributed by atoms with E-state index >= 15 is 0 Å². The van der Waals surface area contributed by atoms with Gasteiger partial charge in [0.15, 0.2) is 0 Å². The highest BCUT2D eigenvalue weighted by Gasteiger charge is 2.32. The highest BCUT2D eigenvalue weighted by atomic mass is 32.1. The van der Waals surface area contributed by atoms with Gasteiger partial charge in [0.25, 0.3) is 5.91 Å². The van der Waals surface area contributed by atoms with Gasteiger partial charge >= 0.3 is 12.2 Å². The standard InChI is InChI=1S/C27H40N6O5S/c1-26(2,3)37-24(35)32-12-10-31(11-13-32)18-14-17(19-20(28)21(22(29)34)39-23(19)30-18)16-8-7-9-33(15-16)25(36)38-27(4,5)6/h14,16H,7-13,15,28H2,1-6H3,(H2,29,34).